The highest BCUT2D eigenvalue weighted by atomic mass is 32.2. The van der Waals surface area contributed by atoms with Crippen molar-refractivity contribution in [1.29, 1.82) is 0 Å². The molecule has 1 amide bonds. The highest BCUT2D eigenvalue weighted by Crippen LogP contribution is 2.15. The second-order valence-corrected chi connectivity index (χ2v) is 6.74. The minimum Gasteiger partial charge on any atom is -0.354 e. The summed E-state index contributed by atoms with van der Waals surface area (Å²) in [5.41, 5.74) is -0.465. The zero-order valence-electron chi connectivity index (χ0n) is 11.6. The third kappa shape index (κ3) is 4.66. The van der Waals surface area contributed by atoms with Crippen molar-refractivity contribution in [3.8, 4) is 0 Å². The third-order valence-corrected chi connectivity index (χ3v) is 4.22. The van der Waals surface area contributed by atoms with Gasteiger partial charge < -0.3 is 10.6 Å². The summed E-state index contributed by atoms with van der Waals surface area (Å²) >= 11 is 0. The molecule has 5 nitrogen and oxygen atoms in total. The number of nitrogens with one attached hydrogen (secondary N) is 2. The number of hydrogen-bond acceptors (Lipinski definition) is 4. The van der Waals surface area contributed by atoms with Crippen molar-refractivity contribution < 1.29 is 9.00 Å². The monoisotopic (exact) mass is 275 g/mol. The Labute approximate surface area is 112 Å². The van der Waals surface area contributed by atoms with Gasteiger partial charge in [-0.2, -0.15) is 0 Å². The fourth-order valence-electron chi connectivity index (χ4n) is 2.06. The average Bonchev–Trinajstić information content (AvgIpc) is 2.35. The largest absolute Gasteiger partial charge is 0.354 e. The number of piperazine rings is 1. The van der Waals surface area contributed by atoms with Crippen molar-refractivity contribution in [2.75, 3.05) is 44.7 Å². The molecule has 0 aliphatic carbocycles. The molecule has 1 atom stereocenters. The molecule has 1 aliphatic rings. The molecular formula is C12H25N3O2S. The van der Waals surface area contributed by atoms with Crippen LogP contribution in [0.3, 0.4) is 0 Å². The number of carbonyl (C=O) groups is 1. The van der Waals surface area contributed by atoms with Crippen LogP contribution in [0.5, 0.6) is 0 Å². The lowest BCUT2D eigenvalue weighted by Crippen LogP contribution is -2.60. The Morgan fingerprint density at radius 3 is 2.56 bits per heavy atom. The molecule has 0 spiro atoms. The van der Waals surface area contributed by atoms with E-state index in [2.05, 4.69) is 15.5 Å². The van der Waals surface area contributed by atoms with Crippen molar-refractivity contribution in [1.82, 2.24) is 15.5 Å². The number of rotatable bonds is 6. The number of nitrogens with zero attached hydrogens (tertiary/aromatic N) is 1. The van der Waals surface area contributed by atoms with Crippen LogP contribution < -0.4 is 10.6 Å². The summed E-state index contributed by atoms with van der Waals surface area (Å²) in [6.07, 6.45) is 2.46. The molecule has 1 unspecified atom stereocenters. The van der Waals surface area contributed by atoms with Crippen LogP contribution >= 0.6 is 0 Å². The standard InChI is InChI=1S/C12H25N3O2S/c1-12(2,15-8-6-13-7-9-15)11(16)14-5-4-10-18(3)17/h13H,4-10H2,1-3H3,(H,14,16). The summed E-state index contributed by atoms with van der Waals surface area (Å²) in [5, 5.41) is 6.22. The molecule has 1 fully saturated rings. The van der Waals surface area contributed by atoms with Crippen molar-refractivity contribution in [3.63, 3.8) is 0 Å². The van der Waals surface area contributed by atoms with Gasteiger partial charge >= 0.3 is 0 Å². The molecule has 1 rings (SSSR count). The van der Waals surface area contributed by atoms with Crippen molar-refractivity contribution in [2.24, 2.45) is 0 Å². The second kappa shape index (κ2) is 7.21. The first-order valence-corrected chi connectivity index (χ1v) is 8.21. The van der Waals surface area contributed by atoms with Gasteiger partial charge in [0.05, 0.1) is 5.54 Å². The lowest BCUT2D eigenvalue weighted by Gasteiger charge is -2.39. The fourth-order valence-corrected chi connectivity index (χ4v) is 2.61. The molecule has 2 N–H and O–H groups in total. The van der Waals surface area contributed by atoms with Crippen molar-refractivity contribution >= 4 is 16.7 Å². The molecule has 1 saturated heterocycles. The normalized spacial score (nSPS) is 19.5. The highest BCUT2D eigenvalue weighted by Gasteiger charge is 2.34. The summed E-state index contributed by atoms with van der Waals surface area (Å²) < 4.78 is 10.9. The van der Waals surface area contributed by atoms with Crippen LogP contribution in [-0.2, 0) is 15.6 Å². The number of hydrogen-bond donors (Lipinski definition) is 2. The summed E-state index contributed by atoms with van der Waals surface area (Å²) in [6, 6.07) is 0. The van der Waals surface area contributed by atoms with Gasteiger partial charge in [-0.25, -0.2) is 0 Å². The molecule has 6 heteroatoms. The van der Waals surface area contributed by atoms with Crippen molar-refractivity contribution in [3.05, 3.63) is 0 Å². The van der Waals surface area contributed by atoms with Crippen LogP contribution in [0.25, 0.3) is 0 Å². The molecule has 0 bridgehead atoms. The molecule has 1 heterocycles. The second-order valence-electron chi connectivity index (χ2n) is 5.18. The van der Waals surface area contributed by atoms with E-state index in [1.807, 2.05) is 13.8 Å². The molecule has 0 saturated carbocycles. The van der Waals surface area contributed by atoms with Crippen LogP contribution in [0.2, 0.25) is 0 Å². The van der Waals surface area contributed by atoms with Gasteiger partial charge in [-0.05, 0) is 20.3 Å². The van der Waals surface area contributed by atoms with Gasteiger partial charge in [0.15, 0.2) is 0 Å². The SMILES string of the molecule is CS(=O)CCCNC(=O)C(C)(C)N1CCNCC1. The van der Waals surface area contributed by atoms with E-state index >= 15 is 0 Å². The van der Waals surface area contributed by atoms with Gasteiger partial charge in [0.1, 0.15) is 0 Å². The van der Waals surface area contributed by atoms with E-state index in [1.165, 1.54) is 0 Å². The van der Waals surface area contributed by atoms with E-state index < -0.39 is 16.3 Å². The fraction of sp³-hybridized carbons (Fsp3) is 0.917. The Kier molecular flexibility index (Phi) is 6.25. The van der Waals surface area contributed by atoms with Crippen LogP contribution in [0.15, 0.2) is 0 Å². The summed E-state index contributed by atoms with van der Waals surface area (Å²) in [4.78, 5) is 14.4. The smallest absolute Gasteiger partial charge is 0.239 e. The first-order chi connectivity index (χ1) is 8.44. The highest BCUT2D eigenvalue weighted by molar-refractivity contribution is 7.84. The molecule has 0 aromatic heterocycles. The van der Waals surface area contributed by atoms with Crippen LogP contribution in [-0.4, -0.2) is 65.3 Å². The number of amides is 1. The molecule has 18 heavy (non-hydrogen) atoms. The van der Waals surface area contributed by atoms with Gasteiger partial charge in [-0.1, -0.05) is 0 Å². The summed E-state index contributed by atoms with van der Waals surface area (Å²) in [7, 11) is -0.776. The first kappa shape index (κ1) is 15.6. The van der Waals surface area contributed by atoms with E-state index in [4.69, 9.17) is 0 Å². The van der Waals surface area contributed by atoms with Gasteiger partial charge in [0, 0.05) is 55.5 Å². The van der Waals surface area contributed by atoms with Gasteiger partial charge in [-0.15, -0.1) is 0 Å². The molecule has 1 aliphatic heterocycles. The maximum Gasteiger partial charge on any atom is 0.239 e. The minimum atomic E-state index is -0.776. The van der Waals surface area contributed by atoms with E-state index in [9.17, 15) is 9.00 Å². The summed E-state index contributed by atoms with van der Waals surface area (Å²) in [6.45, 7) is 8.21. The van der Waals surface area contributed by atoms with E-state index in [-0.39, 0.29) is 5.91 Å². The van der Waals surface area contributed by atoms with E-state index in [0.29, 0.717) is 12.3 Å². The predicted molar refractivity (Wildman–Crippen MR) is 75.1 cm³/mol. The average molecular weight is 275 g/mol. The van der Waals surface area contributed by atoms with Gasteiger partial charge in [-0.3, -0.25) is 13.9 Å². The van der Waals surface area contributed by atoms with Gasteiger partial charge in [0.25, 0.3) is 0 Å². The first-order valence-electron chi connectivity index (χ1n) is 6.48. The van der Waals surface area contributed by atoms with Gasteiger partial charge in [0.2, 0.25) is 5.91 Å². The lowest BCUT2D eigenvalue weighted by atomic mass is 10.0. The number of carbonyl (C=O) groups excluding carboxylic acids is 1. The van der Waals surface area contributed by atoms with Crippen LogP contribution in [0, 0.1) is 0 Å². The third-order valence-electron chi connectivity index (χ3n) is 3.36. The predicted octanol–water partition coefficient (Wildman–Crippen LogP) is -0.445. The van der Waals surface area contributed by atoms with Crippen LogP contribution in [0.1, 0.15) is 20.3 Å². The maximum absolute atomic E-state index is 12.2. The Hall–Kier alpha value is -0.460. The quantitative estimate of drug-likeness (QED) is 0.645. The Morgan fingerprint density at radius 2 is 2.00 bits per heavy atom. The zero-order valence-corrected chi connectivity index (χ0v) is 12.4. The minimum absolute atomic E-state index is 0.0614. The molecular weight excluding hydrogens is 250 g/mol. The zero-order chi connectivity index (χ0) is 13.6. The lowest BCUT2D eigenvalue weighted by molar-refractivity contribution is -0.132. The Balaban J connectivity index is 2.36. The summed E-state index contributed by atoms with van der Waals surface area (Å²) in [5.74, 6) is 0.709. The molecule has 0 aromatic rings. The van der Waals surface area contributed by atoms with E-state index in [0.717, 1.165) is 32.6 Å². The van der Waals surface area contributed by atoms with E-state index in [1.54, 1.807) is 6.26 Å². The molecule has 0 radical (unpaired) electrons. The molecule has 106 valence electrons. The maximum atomic E-state index is 12.2. The molecule has 0 aromatic carbocycles. The topological polar surface area (TPSA) is 61.4 Å². The van der Waals surface area contributed by atoms with Crippen LogP contribution in [0.4, 0.5) is 0 Å². The Morgan fingerprint density at radius 1 is 1.39 bits per heavy atom. The van der Waals surface area contributed by atoms with Crippen molar-refractivity contribution in [2.45, 2.75) is 25.8 Å². The Bertz CT molecular complexity index is 302.